The molecule has 2 heterocycles. The molecule has 1 aromatic heterocycles. The van der Waals surface area contributed by atoms with Gasteiger partial charge < -0.3 is 15.0 Å². The number of hydrogen-bond acceptors (Lipinski definition) is 4. The minimum absolute atomic E-state index is 0.0133. The summed E-state index contributed by atoms with van der Waals surface area (Å²) in [6, 6.07) is 10.7. The molecule has 0 aliphatic carbocycles. The third-order valence-corrected chi connectivity index (χ3v) is 5.38. The summed E-state index contributed by atoms with van der Waals surface area (Å²) in [7, 11) is 1.60. The van der Waals surface area contributed by atoms with Gasteiger partial charge in [-0.1, -0.05) is 17.7 Å². The highest BCUT2D eigenvalue weighted by Gasteiger charge is 2.28. The Labute approximate surface area is 176 Å². The van der Waals surface area contributed by atoms with Crippen molar-refractivity contribution in [2.24, 2.45) is 0 Å². The summed E-state index contributed by atoms with van der Waals surface area (Å²) < 4.78 is 5.00. The number of piperidine rings is 1. The van der Waals surface area contributed by atoms with E-state index in [1.165, 1.54) is 0 Å². The van der Waals surface area contributed by atoms with Gasteiger partial charge in [0.2, 0.25) is 0 Å². The zero-order valence-corrected chi connectivity index (χ0v) is 17.5. The van der Waals surface area contributed by atoms with Crippen molar-refractivity contribution in [2.45, 2.75) is 25.7 Å². The number of carbonyl (C=O) groups excluding carboxylic acids is 2. The third kappa shape index (κ3) is 5.34. The van der Waals surface area contributed by atoms with Gasteiger partial charge in [-0.15, -0.1) is 0 Å². The fourth-order valence-electron chi connectivity index (χ4n) is 3.60. The van der Waals surface area contributed by atoms with Crippen molar-refractivity contribution in [1.29, 1.82) is 0 Å². The van der Waals surface area contributed by atoms with E-state index < -0.39 is 0 Å². The second-order valence-electron chi connectivity index (χ2n) is 7.21. The molecule has 1 aromatic carbocycles. The number of likely N-dealkylation sites (tertiary alicyclic amines) is 1. The predicted molar refractivity (Wildman–Crippen MR) is 113 cm³/mol. The van der Waals surface area contributed by atoms with Crippen LogP contribution in [-0.2, 0) is 4.74 Å². The van der Waals surface area contributed by atoms with E-state index in [9.17, 15) is 9.59 Å². The maximum absolute atomic E-state index is 12.7. The van der Waals surface area contributed by atoms with Crippen molar-refractivity contribution in [3.05, 3.63) is 63.9 Å². The number of aromatic nitrogens is 1. The molecule has 6 nitrogen and oxygen atoms in total. The molecular formula is C22H26ClN3O3. The van der Waals surface area contributed by atoms with E-state index in [1.807, 2.05) is 24.0 Å². The maximum atomic E-state index is 12.7. The van der Waals surface area contributed by atoms with Crippen molar-refractivity contribution in [3.63, 3.8) is 0 Å². The number of pyridine rings is 1. The Hall–Kier alpha value is -2.44. The van der Waals surface area contributed by atoms with Gasteiger partial charge in [-0.25, -0.2) is 0 Å². The number of ether oxygens (including phenoxy) is 1. The number of nitrogens with zero attached hydrogens (tertiary/aromatic N) is 2. The number of methoxy groups -OCH3 is 1. The quantitative estimate of drug-likeness (QED) is 0.733. The van der Waals surface area contributed by atoms with Gasteiger partial charge in [-0.05, 0) is 50.1 Å². The molecule has 0 radical (unpaired) electrons. The number of rotatable bonds is 6. The molecule has 0 unspecified atom stereocenters. The van der Waals surface area contributed by atoms with Gasteiger partial charge in [0.05, 0.1) is 17.9 Å². The van der Waals surface area contributed by atoms with Crippen molar-refractivity contribution in [3.8, 4) is 0 Å². The van der Waals surface area contributed by atoms with Crippen LogP contribution in [0.4, 0.5) is 0 Å². The van der Waals surface area contributed by atoms with Crippen LogP contribution in [0.25, 0.3) is 0 Å². The number of hydrogen-bond donors (Lipinski definition) is 1. The average Bonchev–Trinajstić information content (AvgIpc) is 2.73. The summed E-state index contributed by atoms with van der Waals surface area (Å²) in [4.78, 5) is 31.9. The maximum Gasteiger partial charge on any atom is 0.253 e. The molecule has 0 bridgehead atoms. The molecule has 2 amide bonds. The SMILES string of the molecule is COCCNC(=O)c1ccc(C)nc1C1CCN(C(=O)c2cccc(Cl)c2)CC1. The highest BCUT2D eigenvalue weighted by Crippen LogP contribution is 2.30. The highest BCUT2D eigenvalue weighted by molar-refractivity contribution is 6.30. The van der Waals surface area contributed by atoms with Gasteiger partial charge in [0.1, 0.15) is 0 Å². The summed E-state index contributed by atoms with van der Waals surface area (Å²) in [6.45, 7) is 4.08. The van der Waals surface area contributed by atoms with E-state index in [4.69, 9.17) is 16.3 Å². The largest absolute Gasteiger partial charge is 0.383 e. The molecular weight excluding hydrogens is 390 g/mol. The van der Waals surface area contributed by atoms with E-state index in [-0.39, 0.29) is 17.7 Å². The lowest BCUT2D eigenvalue weighted by Gasteiger charge is -2.32. The van der Waals surface area contributed by atoms with Gasteiger partial charge in [0.15, 0.2) is 0 Å². The van der Waals surface area contributed by atoms with Gasteiger partial charge in [-0.2, -0.15) is 0 Å². The van der Waals surface area contributed by atoms with E-state index in [0.29, 0.717) is 42.4 Å². The highest BCUT2D eigenvalue weighted by atomic mass is 35.5. The Balaban J connectivity index is 1.69. The predicted octanol–water partition coefficient (Wildman–Crippen LogP) is 3.44. The Kier molecular flexibility index (Phi) is 7.23. The molecule has 1 aliphatic rings. The lowest BCUT2D eigenvalue weighted by molar-refractivity contribution is 0.0710. The summed E-state index contributed by atoms with van der Waals surface area (Å²) in [5.41, 5.74) is 2.90. The average molecular weight is 416 g/mol. The van der Waals surface area contributed by atoms with E-state index in [1.54, 1.807) is 31.4 Å². The molecule has 1 N–H and O–H groups in total. The van der Waals surface area contributed by atoms with Crippen LogP contribution in [0.1, 0.15) is 50.9 Å². The summed E-state index contributed by atoms with van der Waals surface area (Å²) in [5, 5.41) is 3.43. The normalized spacial score (nSPS) is 14.7. The summed E-state index contributed by atoms with van der Waals surface area (Å²) in [5.74, 6) is -0.0100. The van der Waals surface area contributed by atoms with Crippen molar-refractivity contribution >= 4 is 23.4 Å². The number of nitrogens with one attached hydrogen (secondary N) is 1. The Morgan fingerprint density at radius 3 is 2.69 bits per heavy atom. The van der Waals surface area contributed by atoms with Crippen molar-refractivity contribution in [2.75, 3.05) is 33.4 Å². The van der Waals surface area contributed by atoms with E-state index in [0.717, 1.165) is 24.2 Å². The fraction of sp³-hybridized carbons (Fsp3) is 0.409. The molecule has 154 valence electrons. The van der Waals surface area contributed by atoms with Crippen molar-refractivity contribution < 1.29 is 14.3 Å². The minimum atomic E-state index is -0.137. The molecule has 7 heteroatoms. The zero-order chi connectivity index (χ0) is 20.8. The molecule has 1 saturated heterocycles. The van der Waals surface area contributed by atoms with Crippen LogP contribution in [0.15, 0.2) is 36.4 Å². The zero-order valence-electron chi connectivity index (χ0n) is 16.8. The molecule has 0 saturated carbocycles. The number of aryl methyl sites for hydroxylation is 1. The first kappa shape index (κ1) is 21.3. The van der Waals surface area contributed by atoms with Crippen LogP contribution in [0, 0.1) is 6.92 Å². The lowest BCUT2D eigenvalue weighted by atomic mass is 9.89. The topological polar surface area (TPSA) is 71.5 Å². The number of amides is 2. The first-order chi connectivity index (χ1) is 14.0. The van der Waals surface area contributed by atoms with Gasteiger partial charge in [0, 0.05) is 48.9 Å². The first-order valence-electron chi connectivity index (χ1n) is 9.79. The third-order valence-electron chi connectivity index (χ3n) is 5.14. The summed E-state index contributed by atoms with van der Waals surface area (Å²) in [6.07, 6.45) is 1.53. The molecule has 1 aliphatic heterocycles. The summed E-state index contributed by atoms with van der Waals surface area (Å²) >= 11 is 6.01. The Morgan fingerprint density at radius 1 is 1.24 bits per heavy atom. The van der Waals surface area contributed by atoms with Crippen LogP contribution in [0.5, 0.6) is 0 Å². The van der Waals surface area contributed by atoms with Gasteiger partial charge in [0.25, 0.3) is 11.8 Å². The Morgan fingerprint density at radius 2 is 2.00 bits per heavy atom. The molecule has 0 atom stereocenters. The van der Waals surface area contributed by atoms with Crippen LogP contribution >= 0.6 is 11.6 Å². The standard InChI is InChI=1S/C22H26ClN3O3/c1-15-6-7-19(21(27)24-10-13-29-2)20(25-15)16-8-11-26(12-9-16)22(28)17-4-3-5-18(23)14-17/h3-7,14,16H,8-13H2,1-2H3,(H,24,27). The number of halogens is 1. The van der Waals surface area contributed by atoms with E-state index in [2.05, 4.69) is 10.3 Å². The molecule has 0 spiro atoms. The molecule has 3 rings (SSSR count). The molecule has 2 aromatic rings. The van der Waals surface area contributed by atoms with Crippen LogP contribution in [-0.4, -0.2) is 55.0 Å². The second-order valence-corrected chi connectivity index (χ2v) is 7.65. The monoisotopic (exact) mass is 415 g/mol. The number of carbonyl (C=O) groups is 2. The van der Waals surface area contributed by atoms with Crippen LogP contribution in [0.2, 0.25) is 5.02 Å². The van der Waals surface area contributed by atoms with E-state index >= 15 is 0 Å². The van der Waals surface area contributed by atoms with Crippen LogP contribution in [0.3, 0.4) is 0 Å². The second kappa shape index (κ2) is 9.85. The smallest absolute Gasteiger partial charge is 0.253 e. The number of benzene rings is 1. The fourth-order valence-corrected chi connectivity index (χ4v) is 3.79. The molecule has 29 heavy (non-hydrogen) atoms. The van der Waals surface area contributed by atoms with Crippen molar-refractivity contribution in [1.82, 2.24) is 15.2 Å². The minimum Gasteiger partial charge on any atom is -0.383 e. The van der Waals surface area contributed by atoms with Crippen LogP contribution < -0.4 is 5.32 Å². The lowest BCUT2D eigenvalue weighted by Crippen LogP contribution is -2.38. The molecule has 1 fully saturated rings. The van der Waals surface area contributed by atoms with Gasteiger partial charge >= 0.3 is 0 Å². The Bertz CT molecular complexity index is 879. The first-order valence-corrected chi connectivity index (χ1v) is 10.2. The van der Waals surface area contributed by atoms with Gasteiger partial charge in [-0.3, -0.25) is 14.6 Å².